The van der Waals surface area contributed by atoms with Crippen LogP contribution in [0.2, 0.25) is 0 Å². The summed E-state index contributed by atoms with van der Waals surface area (Å²) in [5.41, 5.74) is 1.62. The van der Waals surface area contributed by atoms with E-state index in [1.54, 1.807) is 0 Å². The highest BCUT2D eigenvalue weighted by Crippen LogP contribution is 2.43. The quantitative estimate of drug-likeness (QED) is 0.556. The van der Waals surface area contributed by atoms with Crippen LogP contribution in [0.15, 0.2) is 35.3 Å². The highest BCUT2D eigenvalue weighted by atomic mass is 16.5. The van der Waals surface area contributed by atoms with Crippen LogP contribution in [0.1, 0.15) is 65.4 Å². The van der Waals surface area contributed by atoms with Gasteiger partial charge in [-0.1, -0.05) is 64.4 Å². The molecule has 0 N–H and O–H groups in total. The molecule has 1 heterocycles. The molecule has 1 aromatic carbocycles. The number of rotatable bonds is 8. The van der Waals surface area contributed by atoms with Crippen LogP contribution in [0.25, 0.3) is 0 Å². The number of hydrogen-bond donors (Lipinski definition) is 0. The first-order valence-electron chi connectivity index (χ1n) is 9.67. The number of benzene rings is 1. The molecule has 2 nitrogen and oxygen atoms in total. The van der Waals surface area contributed by atoms with Gasteiger partial charge >= 0.3 is 0 Å². The van der Waals surface area contributed by atoms with Crippen molar-refractivity contribution in [3.8, 4) is 0 Å². The van der Waals surface area contributed by atoms with Crippen LogP contribution in [-0.2, 0) is 4.74 Å². The molecule has 2 heteroatoms. The zero-order valence-electron chi connectivity index (χ0n) is 16.0. The van der Waals surface area contributed by atoms with Crippen molar-refractivity contribution in [3.63, 3.8) is 0 Å². The van der Waals surface area contributed by atoms with Gasteiger partial charge in [-0.15, -0.1) is 0 Å². The lowest BCUT2D eigenvalue weighted by atomic mass is 9.69. The standard InChI is InChI=1S/C22H35NO/c1-18(2)10-11-22(13-15-24-21(16-22)19(3)4)12-14-23-17-20-8-6-5-7-9-20/h5-9,17-19,21H,10-16H2,1-4H3/t21-,22-/m1/s1. The molecule has 0 bridgehead atoms. The Morgan fingerprint density at radius 2 is 1.92 bits per heavy atom. The van der Waals surface area contributed by atoms with E-state index in [2.05, 4.69) is 52.0 Å². The van der Waals surface area contributed by atoms with Gasteiger partial charge in [-0.05, 0) is 48.5 Å². The molecule has 0 radical (unpaired) electrons. The largest absolute Gasteiger partial charge is 0.378 e. The Bertz CT molecular complexity index is 494. The third-order valence-corrected chi connectivity index (χ3v) is 5.41. The number of nitrogens with zero attached hydrogens (tertiary/aromatic N) is 1. The smallest absolute Gasteiger partial charge is 0.0603 e. The molecule has 24 heavy (non-hydrogen) atoms. The van der Waals surface area contributed by atoms with Crippen LogP contribution in [0.3, 0.4) is 0 Å². The third kappa shape index (κ3) is 6.05. The van der Waals surface area contributed by atoms with Gasteiger partial charge in [0.25, 0.3) is 0 Å². The molecule has 0 aliphatic carbocycles. The van der Waals surface area contributed by atoms with Crippen LogP contribution < -0.4 is 0 Å². The van der Waals surface area contributed by atoms with E-state index in [0.717, 1.165) is 19.1 Å². The van der Waals surface area contributed by atoms with Crippen molar-refractivity contribution in [3.05, 3.63) is 35.9 Å². The minimum absolute atomic E-state index is 0.420. The van der Waals surface area contributed by atoms with E-state index in [4.69, 9.17) is 9.73 Å². The van der Waals surface area contributed by atoms with Crippen LogP contribution in [0, 0.1) is 17.3 Å². The van der Waals surface area contributed by atoms with Crippen molar-refractivity contribution in [2.24, 2.45) is 22.2 Å². The zero-order chi connectivity index (χ0) is 17.4. The van der Waals surface area contributed by atoms with Gasteiger partial charge in [-0.25, -0.2) is 0 Å². The predicted octanol–water partition coefficient (Wildman–Crippen LogP) is 5.75. The molecule has 0 saturated carbocycles. The molecular formula is C22H35NO. The third-order valence-electron chi connectivity index (χ3n) is 5.41. The first kappa shape index (κ1) is 19.2. The Morgan fingerprint density at radius 1 is 1.17 bits per heavy atom. The van der Waals surface area contributed by atoms with Crippen LogP contribution >= 0.6 is 0 Å². The molecular weight excluding hydrogens is 294 g/mol. The fraction of sp³-hybridized carbons (Fsp3) is 0.682. The molecule has 1 fully saturated rings. The van der Waals surface area contributed by atoms with Gasteiger partial charge in [-0.3, -0.25) is 4.99 Å². The summed E-state index contributed by atoms with van der Waals surface area (Å²) in [6.07, 6.45) is 8.67. The summed E-state index contributed by atoms with van der Waals surface area (Å²) in [5, 5.41) is 0. The lowest BCUT2D eigenvalue weighted by Crippen LogP contribution is -2.38. The number of aliphatic imine (C=N–C) groups is 1. The zero-order valence-corrected chi connectivity index (χ0v) is 16.0. The Balaban J connectivity index is 1.96. The highest BCUT2D eigenvalue weighted by molar-refractivity contribution is 5.79. The second kappa shape index (κ2) is 9.36. The summed E-state index contributed by atoms with van der Waals surface area (Å²) in [6, 6.07) is 10.4. The Morgan fingerprint density at radius 3 is 2.58 bits per heavy atom. The molecule has 2 atom stereocenters. The minimum Gasteiger partial charge on any atom is -0.378 e. The van der Waals surface area contributed by atoms with Gasteiger partial charge in [0.1, 0.15) is 0 Å². The van der Waals surface area contributed by atoms with E-state index in [0.29, 0.717) is 17.4 Å². The topological polar surface area (TPSA) is 21.6 Å². The second-order valence-electron chi connectivity index (χ2n) is 8.24. The molecule has 1 aromatic rings. The van der Waals surface area contributed by atoms with Crippen LogP contribution in [0.5, 0.6) is 0 Å². The molecule has 1 aliphatic rings. The van der Waals surface area contributed by atoms with Crippen LogP contribution in [-0.4, -0.2) is 25.5 Å². The Hall–Kier alpha value is -1.15. The van der Waals surface area contributed by atoms with Crippen LogP contribution in [0.4, 0.5) is 0 Å². The maximum absolute atomic E-state index is 6.04. The summed E-state index contributed by atoms with van der Waals surface area (Å²) in [7, 11) is 0. The molecule has 134 valence electrons. The molecule has 0 unspecified atom stereocenters. The normalized spacial score (nSPS) is 25.0. The second-order valence-corrected chi connectivity index (χ2v) is 8.24. The molecule has 1 aliphatic heterocycles. The summed E-state index contributed by atoms with van der Waals surface area (Å²) in [5.74, 6) is 1.38. The van der Waals surface area contributed by atoms with E-state index in [1.807, 2.05) is 12.3 Å². The van der Waals surface area contributed by atoms with Gasteiger partial charge in [-0.2, -0.15) is 0 Å². The minimum atomic E-state index is 0.420. The SMILES string of the molecule is CC(C)CC[C@@]1(CCN=Cc2ccccc2)CCO[C@@H](C(C)C)C1. The monoisotopic (exact) mass is 329 g/mol. The van der Waals surface area contributed by atoms with E-state index >= 15 is 0 Å². The molecule has 0 spiro atoms. The highest BCUT2D eigenvalue weighted by Gasteiger charge is 2.37. The molecule has 1 saturated heterocycles. The fourth-order valence-electron chi connectivity index (χ4n) is 3.63. The fourth-order valence-corrected chi connectivity index (χ4v) is 3.63. The maximum atomic E-state index is 6.04. The van der Waals surface area contributed by atoms with E-state index < -0.39 is 0 Å². The lowest BCUT2D eigenvalue weighted by molar-refractivity contribution is -0.0755. The van der Waals surface area contributed by atoms with Crippen molar-refractivity contribution in [1.29, 1.82) is 0 Å². The Labute approximate surface area is 148 Å². The average Bonchev–Trinajstić information content (AvgIpc) is 2.58. The average molecular weight is 330 g/mol. The van der Waals surface area contributed by atoms with E-state index in [-0.39, 0.29) is 0 Å². The Kier molecular flexibility index (Phi) is 7.48. The summed E-state index contributed by atoms with van der Waals surface area (Å²) < 4.78 is 6.04. The van der Waals surface area contributed by atoms with Crippen molar-refractivity contribution in [1.82, 2.24) is 0 Å². The van der Waals surface area contributed by atoms with Gasteiger partial charge in [0.05, 0.1) is 6.10 Å². The first-order valence-corrected chi connectivity index (χ1v) is 9.67. The lowest BCUT2D eigenvalue weighted by Gasteiger charge is -2.43. The van der Waals surface area contributed by atoms with Crippen molar-refractivity contribution < 1.29 is 4.74 Å². The van der Waals surface area contributed by atoms with Gasteiger partial charge in [0.15, 0.2) is 0 Å². The maximum Gasteiger partial charge on any atom is 0.0603 e. The van der Waals surface area contributed by atoms with Crippen molar-refractivity contribution >= 4 is 6.21 Å². The van der Waals surface area contributed by atoms with E-state index in [9.17, 15) is 0 Å². The van der Waals surface area contributed by atoms with Crippen molar-refractivity contribution in [2.75, 3.05) is 13.2 Å². The summed E-state index contributed by atoms with van der Waals surface area (Å²) >= 11 is 0. The molecule has 0 aromatic heterocycles. The predicted molar refractivity (Wildman–Crippen MR) is 104 cm³/mol. The summed E-state index contributed by atoms with van der Waals surface area (Å²) in [6.45, 7) is 11.1. The van der Waals surface area contributed by atoms with Gasteiger partial charge in [0, 0.05) is 19.4 Å². The summed E-state index contributed by atoms with van der Waals surface area (Å²) in [4.78, 5) is 4.71. The molecule has 0 amide bonds. The van der Waals surface area contributed by atoms with Gasteiger partial charge in [0.2, 0.25) is 0 Å². The number of ether oxygens (including phenoxy) is 1. The molecule has 2 rings (SSSR count). The van der Waals surface area contributed by atoms with Gasteiger partial charge < -0.3 is 4.74 Å². The number of hydrogen-bond acceptors (Lipinski definition) is 2. The first-order chi connectivity index (χ1) is 11.5. The van der Waals surface area contributed by atoms with E-state index in [1.165, 1.54) is 37.7 Å². The van der Waals surface area contributed by atoms with Crippen molar-refractivity contribution in [2.45, 2.75) is 65.9 Å².